The number of esters is 3. The number of ether oxygens (including phenoxy) is 14. The molecule has 4 saturated carbocycles. The van der Waals surface area contributed by atoms with Gasteiger partial charge in [0.25, 0.3) is 0 Å². The molecule has 0 aromatic heterocycles. The molecule has 101 heavy (non-hydrogen) atoms. The van der Waals surface area contributed by atoms with Crippen LogP contribution in [0.15, 0.2) is 11.6 Å². The molecule has 38 atom stereocenters. The van der Waals surface area contributed by atoms with Crippen LogP contribution < -0.4 is 0 Å². The zero-order valence-corrected chi connectivity index (χ0v) is 58.8. The molecule has 38 unspecified atom stereocenters. The van der Waals surface area contributed by atoms with E-state index in [2.05, 4.69) is 40.7 Å². The molecule has 0 amide bonds. The van der Waals surface area contributed by atoms with Crippen molar-refractivity contribution in [2.75, 3.05) is 33.0 Å². The van der Waals surface area contributed by atoms with Gasteiger partial charge in [-0.1, -0.05) is 53.2 Å². The lowest BCUT2D eigenvalue weighted by Crippen LogP contribution is -2.70. The van der Waals surface area contributed by atoms with Gasteiger partial charge in [0.1, 0.15) is 104 Å². The first kappa shape index (κ1) is 79.1. The van der Waals surface area contributed by atoms with Gasteiger partial charge in [0, 0.05) is 19.3 Å². The second kappa shape index (κ2) is 29.2. The van der Waals surface area contributed by atoms with Crippen LogP contribution in [0.25, 0.3) is 0 Å². The van der Waals surface area contributed by atoms with Crippen LogP contribution in [0.1, 0.15) is 128 Å². The topological polar surface area (TPSA) is 504 Å². The van der Waals surface area contributed by atoms with Gasteiger partial charge in [-0.25, -0.2) is 0 Å². The summed E-state index contributed by atoms with van der Waals surface area (Å²) < 4.78 is 84.5. The minimum absolute atomic E-state index is 0.0292. The summed E-state index contributed by atoms with van der Waals surface area (Å²) in [6.45, 7) is 15.3. The monoisotopic (exact) mass is 1450 g/mol. The van der Waals surface area contributed by atoms with E-state index < -0.39 is 273 Å². The van der Waals surface area contributed by atoms with Crippen molar-refractivity contribution in [3.05, 3.63) is 11.6 Å². The van der Waals surface area contributed by atoms with Crippen molar-refractivity contribution in [2.45, 2.75) is 311 Å². The number of hydrogen-bond acceptors (Lipinski definition) is 33. The number of aliphatic hydroxyl groups excluding tert-OH is 15. The van der Waals surface area contributed by atoms with E-state index in [0.717, 1.165) is 19.4 Å². The molecule has 16 N–H and O–H groups in total. The number of carbonyl (C=O) groups excluding carboxylic acids is 3. The van der Waals surface area contributed by atoms with Crippen molar-refractivity contribution in [1.29, 1.82) is 0 Å². The summed E-state index contributed by atoms with van der Waals surface area (Å²) in [5.74, 6) is -3.91. The third-order valence-corrected chi connectivity index (χ3v) is 25.5. The third kappa shape index (κ3) is 13.6. The lowest BCUT2D eigenvalue weighted by molar-refractivity contribution is -0.378. The summed E-state index contributed by atoms with van der Waals surface area (Å²) in [7, 11) is 0. The lowest BCUT2D eigenvalue weighted by atomic mass is 9.33. The second-order valence-corrected chi connectivity index (χ2v) is 32.4. The number of aliphatic hydroxyl groups is 16. The molecule has 11 aliphatic rings. The predicted molar refractivity (Wildman–Crippen MR) is 335 cm³/mol. The first-order chi connectivity index (χ1) is 47.2. The van der Waals surface area contributed by atoms with Gasteiger partial charge >= 0.3 is 17.9 Å². The number of fused-ring (bicyclic) bond motifs is 7. The van der Waals surface area contributed by atoms with Crippen LogP contribution in [-0.2, 0) is 80.7 Å². The molecule has 6 heterocycles. The number of hydrogen-bond donors (Lipinski definition) is 16. The average Bonchev–Trinajstić information content (AvgIpc) is 1.04. The zero-order chi connectivity index (χ0) is 74.1. The van der Waals surface area contributed by atoms with Crippen molar-refractivity contribution in [3.8, 4) is 0 Å². The summed E-state index contributed by atoms with van der Waals surface area (Å²) >= 11 is 0. The van der Waals surface area contributed by atoms with Crippen molar-refractivity contribution < 1.29 is 162 Å². The highest BCUT2D eigenvalue weighted by molar-refractivity contribution is 5.80. The normalized spacial score (nSPS) is 53.4. The van der Waals surface area contributed by atoms with Crippen molar-refractivity contribution >= 4 is 17.9 Å². The Bertz CT molecular complexity index is 2960. The Labute approximate surface area is 584 Å². The summed E-state index contributed by atoms with van der Waals surface area (Å²) in [6, 6.07) is 0. The molecular formula is C68H108O33. The van der Waals surface area contributed by atoms with Crippen molar-refractivity contribution in [1.82, 2.24) is 0 Å². The Kier molecular flexibility index (Phi) is 22.9. The maximum Gasteiger partial charge on any atom is 0.317 e. The first-order valence-corrected chi connectivity index (χ1v) is 35.3. The van der Waals surface area contributed by atoms with Crippen LogP contribution in [0.2, 0.25) is 0 Å². The SMILES string of the molecule is CC(=O)OCC1(O)COC(OC2C(OC(C)=O)C(C)OC(OC(=O)C34CCC(C)(C)CC3C3=CCC5C6(C)CC(O)C(OC7OC(CO)C(O)C(O)C7O)C(C)(CO)C6CCC5(C)C3(C)CC4O)C2OC2OC(C)C(OC3OC(CO)C(OC4OC(C)C(O)C(O)C4O)C3O)C(O)C2O)C1O. The maximum atomic E-state index is 16.2. The zero-order valence-electron chi connectivity index (χ0n) is 58.8. The molecule has 578 valence electrons. The highest BCUT2D eigenvalue weighted by Gasteiger charge is 2.74. The molecule has 6 aliphatic heterocycles. The Hall–Kier alpha value is -2.93. The van der Waals surface area contributed by atoms with Crippen LogP contribution >= 0.6 is 0 Å². The largest absolute Gasteiger partial charge is 0.463 e. The van der Waals surface area contributed by atoms with Crippen LogP contribution in [-0.4, -0.2) is 316 Å². The molecule has 33 heteroatoms. The van der Waals surface area contributed by atoms with E-state index in [4.69, 9.17) is 66.3 Å². The fourth-order valence-electron chi connectivity index (χ4n) is 19.7. The van der Waals surface area contributed by atoms with E-state index in [0.29, 0.717) is 32.1 Å². The molecule has 5 aliphatic carbocycles. The molecule has 11 rings (SSSR count). The number of allylic oxidation sites excluding steroid dienone is 2. The van der Waals surface area contributed by atoms with Crippen LogP contribution in [0, 0.1) is 50.2 Å². The van der Waals surface area contributed by atoms with Crippen molar-refractivity contribution in [3.63, 3.8) is 0 Å². The van der Waals surface area contributed by atoms with E-state index in [1.165, 1.54) is 20.8 Å². The molecule has 0 radical (unpaired) electrons. The van der Waals surface area contributed by atoms with E-state index in [9.17, 15) is 91.3 Å². The van der Waals surface area contributed by atoms with Crippen LogP contribution in [0.3, 0.4) is 0 Å². The lowest BCUT2D eigenvalue weighted by Gasteiger charge is -2.72. The fraction of sp³-hybridized carbons (Fsp3) is 0.926. The fourth-order valence-corrected chi connectivity index (χ4v) is 19.7. The minimum Gasteiger partial charge on any atom is -0.463 e. The molecule has 0 aromatic rings. The van der Waals surface area contributed by atoms with E-state index in [1.807, 2.05) is 0 Å². The minimum atomic E-state index is -2.27. The second-order valence-electron chi connectivity index (χ2n) is 32.4. The van der Waals surface area contributed by atoms with Crippen LogP contribution in [0.5, 0.6) is 0 Å². The Balaban J connectivity index is 0.892. The molecule has 0 aromatic carbocycles. The molecule has 0 bridgehead atoms. The molecule has 0 spiro atoms. The van der Waals surface area contributed by atoms with E-state index in [1.54, 1.807) is 6.92 Å². The van der Waals surface area contributed by atoms with E-state index >= 15 is 4.79 Å². The predicted octanol–water partition coefficient (Wildman–Crippen LogP) is -3.97. The Morgan fingerprint density at radius 2 is 1.10 bits per heavy atom. The van der Waals surface area contributed by atoms with Crippen LogP contribution in [0.4, 0.5) is 0 Å². The third-order valence-electron chi connectivity index (χ3n) is 25.5. The van der Waals surface area contributed by atoms with Gasteiger partial charge in [0.05, 0.1) is 63.1 Å². The van der Waals surface area contributed by atoms with Gasteiger partial charge < -0.3 is 148 Å². The highest BCUT2D eigenvalue weighted by Crippen LogP contribution is 2.76. The summed E-state index contributed by atoms with van der Waals surface area (Å²) in [5.41, 5.74) is -6.93. The van der Waals surface area contributed by atoms with Gasteiger partial charge in [-0.15, -0.1) is 0 Å². The quantitative estimate of drug-likeness (QED) is 0.0269. The van der Waals surface area contributed by atoms with Gasteiger partial charge in [-0.2, -0.15) is 0 Å². The molecular weight excluding hydrogens is 1340 g/mol. The van der Waals surface area contributed by atoms with Gasteiger partial charge in [0.2, 0.25) is 6.29 Å². The summed E-state index contributed by atoms with van der Waals surface area (Å²) in [6.07, 6.45) is -42.9. The van der Waals surface area contributed by atoms with Gasteiger partial charge in [-0.3, -0.25) is 14.4 Å². The van der Waals surface area contributed by atoms with E-state index in [-0.39, 0.29) is 31.1 Å². The smallest absolute Gasteiger partial charge is 0.317 e. The molecule has 33 nitrogen and oxygen atoms in total. The Morgan fingerprint density at radius 3 is 1.73 bits per heavy atom. The molecule has 6 saturated heterocycles. The Morgan fingerprint density at radius 1 is 0.535 bits per heavy atom. The van der Waals surface area contributed by atoms with Gasteiger partial charge in [-0.05, 0) is 112 Å². The average molecular weight is 1450 g/mol. The number of carbonyl (C=O) groups is 3. The highest BCUT2D eigenvalue weighted by atomic mass is 16.8. The number of rotatable bonds is 18. The standard InChI is InChI=1S/C68H108O33/c1-26-39(76)41(78)44(81)55(90-26)97-50-35(22-70)95-58(47(50)84)96-48-27(2)91-56(46(83)43(48)80)99-52-51(98-60-53(85)67(87,25-89-60)24-88-29(4)72)49(93-30(5)73)28(3)92-59(52)101-61(86)68-17-16-62(6,7)18-32(68)31-12-13-37-63(8)19-33(74)54(100-57-45(82)42(79)40(77)34(21-69)94-57)64(9,23-71)36(63)14-15-65(37,10)66(31,11)20-38(68)75/h12,26-28,32-60,69-71,74-85,87H,13-25H2,1-11H3. The molecule has 10 fully saturated rings. The summed E-state index contributed by atoms with van der Waals surface area (Å²) in [4.78, 5) is 41.3. The van der Waals surface area contributed by atoms with Crippen molar-refractivity contribution in [2.24, 2.45) is 50.2 Å². The first-order valence-electron chi connectivity index (χ1n) is 35.3. The summed E-state index contributed by atoms with van der Waals surface area (Å²) in [5, 5.41) is 180. The maximum absolute atomic E-state index is 16.2. The van der Waals surface area contributed by atoms with Gasteiger partial charge in [0.15, 0.2) is 49.3 Å².